The van der Waals surface area contributed by atoms with Gasteiger partial charge in [0.25, 0.3) is 0 Å². The minimum Gasteiger partial charge on any atom is -0.441 e. The molecule has 0 saturated carbocycles. The molecule has 1 aromatic heterocycles. The number of anilines is 2. The van der Waals surface area contributed by atoms with E-state index in [1.165, 1.54) is 18.1 Å². The lowest BCUT2D eigenvalue weighted by Gasteiger charge is -2.07. The molecule has 0 aliphatic carbocycles. The van der Waals surface area contributed by atoms with Crippen molar-refractivity contribution >= 4 is 23.2 Å². The molecule has 0 aliphatic rings. The van der Waals surface area contributed by atoms with E-state index in [-0.39, 0.29) is 18.2 Å². The molecule has 0 atom stereocenters. The molecule has 0 radical (unpaired) electrons. The predicted octanol–water partition coefficient (Wildman–Crippen LogP) is 4.49. The van der Waals surface area contributed by atoms with Crippen LogP contribution in [0, 0.1) is 13.8 Å². The van der Waals surface area contributed by atoms with Crippen LogP contribution in [0.4, 0.5) is 11.4 Å². The predicted molar refractivity (Wildman–Crippen MR) is 109 cm³/mol. The van der Waals surface area contributed by atoms with Crippen molar-refractivity contribution in [3.8, 4) is 11.3 Å². The highest BCUT2D eigenvalue weighted by Crippen LogP contribution is 2.23. The van der Waals surface area contributed by atoms with E-state index in [0.29, 0.717) is 29.4 Å². The van der Waals surface area contributed by atoms with Crippen molar-refractivity contribution in [2.75, 3.05) is 10.6 Å². The van der Waals surface area contributed by atoms with Crippen molar-refractivity contribution < 1.29 is 14.0 Å². The zero-order chi connectivity index (χ0) is 20.1. The first-order valence-corrected chi connectivity index (χ1v) is 9.10. The molecule has 6 nitrogen and oxygen atoms in total. The van der Waals surface area contributed by atoms with Gasteiger partial charge >= 0.3 is 0 Å². The van der Waals surface area contributed by atoms with Gasteiger partial charge < -0.3 is 15.1 Å². The van der Waals surface area contributed by atoms with Gasteiger partial charge in [0, 0.05) is 36.7 Å². The number of amides is 2. The quantitative estimate of drug-likeness (QED) is 0.663. The third-order valence-electron chi connectivity index (χ3n) is 4.38. The summed E-state index contributed by atoms with van der Waals surface area (Å²) in [6.45, 7) is 5.56. The molecule has 28 heavy (non-hydrogen) atoms. The summed E-state index contributed by atoms with van der Waals surface area (Å²) in [6.07, 6.45) is 2.34. The fraction of sp³-hybridized carbons (Fsp3) is 0.227. The first-order valence-electron chi connectivity index (χ1n) is 9.10. The van der Waals surface area contributed by atoms with Gasteiger partial charge in [-0.15, -0.1) is 0 Å². The van der Waals surface area contributed by atoms with E-state index < -0.39 is 0 Å². The van der Waals surface area contributed by atoms with E-state index in [4.69, 9.17) is 4.42 Å². The number of aromatic nitrogens is 1. The smallest absolute Gasteiger partial charge is 0.224 e. The molecule has 0 unspecified atom stereocenters. The summed E-state index contributed by atoms with van der Waals surface area (Å²) < 4.78 is 5.79. The van der Waals surface area contributed by atoms with Gasteiger partial charge in [-0.25, -0.2) is 4.98 Å². The fourth-order valence-electron chi connectivity index (χ4n) is 2.78. The average molecular weight is 377 g/mol. The standard InChI is InChI=1S/C22H23N3O3/c1-14-7-8-17(11-15(14)2)20-13-23-22(28-20)10-9-21(27)25-19-6-4-5-18(12-19)24-16(3)26/h4-8,11-13H,9-10H2,1-3H3,(H,24,26)(H,25,27). The Hall–Kier alpha value is -3.41. The summed E-state index contributed by atoms with van der Waals surface area (Å²) in [5.74, 6) is 0.912. The van der Waals surface area contributed by atoms with Crippen LogP contribution in [0.1, 0.15) is 30.4 Å². The molecule has 144 valence electrons. The van der Waals surface area contributed by atoms with Crippen molar-refractivity contribution in [3.05, 3.63) is 65.7 Å². The largest absolute Gasteiger partial charge is 0.441 e. The van der Waals surface area contributed by atoms with Gasteiger partial charge in [-0.3, -0.25) is 9.59 Å². The molecule has 2 N–H and O–H groups in total. The Morgan fingerprint density at radius 3 is 2.46 bits per heavy atom. The van der Waals surface area contributed by atoms with E-state index in [1.54, 1.807) is 30.5 Å². The van der Waals surface area contributed by atoms with Crippen LogP contribution in [-0.4, -0.2) is 16.8 Å². The van der Waals surface area contributed by atoms with Crippen LogP contribution >= 0.6 is 0 Å². The molecule has 3 rings (SSSR count). The van der Waals surface area contributed by atoms with E-state index >= 15 is 0 Å². The molecular formula is C22H23N3O3. The van der Waals surface area contributed by atoms with Crippen molar-refractivity contribution in [2.45, 2.75) is 33.6 Å². The summed E-state index contributed by atoms with van der Waals surface area (Å²) in [5.41, 5.74) is 4.65. The van der Waals surface area contributed by atoms with Gasteiger partial charge in [-0.1, -0.05) is 18.2 Å². The van der Waals surface area contributed by atoms with Crippen LogP contribution in [0.2, 0.25) is 0 Å². The Labute approximate surface area is 164 Å². The minimum absolute atomic E-state index is 0.147. The van der Waals surface area contributed by atoms with Gasteiger partial charge in [-0.05, 0) is 49.2 Å². The lowest BCUT2D eigenvalue weighted by Crippen LogP contribution is -2.13. The first kappa shape index (κ1) is 19.4. The monoisotopic (exact) mass is 377 g/mol. The molecule has 0 fully saturated rings. The third-order valence-corrected chi connectivity index (χ3v) is 4.38. The highest BCUT2D eigenvalue weighted by Gasteiger charge is 2.10. The van der Waals surface area contributed by atoms with E-state index in [0.717, 1.165) is 5.56 Å². The molecule has 0 aliphatic heterocycles. The van der Waals surface area contributed by atoms with Crippen LogP contribution < -0.4 is 10.6 Å². The fourth-order valence-corrected chi connectivity index (χ4v) is 2.78. The maximum absolute atomic E-state index is 12.2. The molecular weight excluding hydrogens is 354 g/mol. The number of aryl methyl sites for hydroxylation is 3. The number of carbonyl (C=O) groups excluding carboxylic acids is 2. The molecule has 0 spiro atoms. The second kappa shape index (κ2) is 8.52. The summed E-state index contributed by atoms with van der Waals surface area (Å²) in [4.78, 5) is 27.6. The van der Waals surface area contributed by atoms with Gasteiger partial charge in [0.2, 0.25) is 11.8 Å². The van der Waals surface area contributed by atoms with Crippen molar-refractivity contribution in [1.82, 2.24) is 4.98 Å². The van der Waals surface area contributed by atoms with Gasteiger partial charge in [0.1, 0.15) is 0 Å². The van der Waals surface area contributed by atoms with Gasteiger partial charge in [0.05, 0.1) is 6.20 Å². The van der Waals surface area contributed by atoms with Crippen molar-refractivity contribution in [3.63, 3.8) is 0 Å². The maximum Gasteiger partial charge on any atom is 0.224 e. The average Bonchev–Trinajstić information content (AvgIpc) is 3.11. The van der Waals surface area contributed by atoms with Crippen LogP contribution in [0.5, 0.6) is 0 Å². The SMILES string of the molecule is CC(=O)Nc1cccc(NC(=O)CCc2ncc(-c3ccc(C)c(C)c3)o2)c1. The van der Waals surface area contributed by atoms with Crippen LogP contribution in [-0.2, 0) is 16.0 Å². The Bertz CT molecular complexity index is 1010. The number of nitrogens with zero attached hydrogens (tertiary/aromatic N) is 1. The van der Waals surface area contributed by atoms with Crippen LogP contribution in [0.15, 0.2) is 53.1 Å². The zero-order valence-electron chi connectivity index (χ0n) is 16.2. The van der Waals surface area contributed by atoms with Crippen LogP contribution in [0.25, 0.3) is 11.3 Å². The Morgan fingerprint density at radius 1 is 1.00 bits per heavy atom. The Morgan fingerprint density at radius 2 is 1.75 bits per heavy atom. The summed E-state index contributed by atoms with van der Waals surface area (Å²) in [5, 5.41) is 5.51. The van der Waals surface area contributed by atoms with E-state index in [9.17, 15) is 9.59 Å². The number of carbonyl (C=O) groups is 2. The summed E-state index contributed by atoms with van der Waals surface area (Å²) in [7, 11) is 0. The summed E-state index contributed by atoms with van der Waals surface area (Å²) in [6, 6.07) is 13.1. The lowest BCUT2D eigenvalue weighted by atomic mass is 10.1. The maximum atomic E-state index is 12.2. The molecule has 2 amide bonds. The van der Waals surface area contributed by atoms with Gasteiger partial charge in [0.15, 0.2) is 11.7 Å². The van der Waals surface area contributed by atoms with Gasteiger partial charge in [-0.2, -0.15) is 0 Å². The first-order chi connectivity index (χ1) is 13.4. The van der Waals surface area contributed by atoms with Crippen LogP contribution in [0.3, 0.4) is 0 Å². The molecule has 0 bridgehead atoms. The number of hydrogen-bond acceptors (Lipinski definition) is 4. The van der Waals surface area contributed by atoms with E-state index in [2.05, 4.69) is 41.6 Å². The molecule has 1 heterocycles. The zero-order valence-corrected chi connectivity index (χ0v) is 16.2. The molecule has 6 heteroatoms. The third kappa shape index (κ3) is 5.07. The molecule has 0 saturated heterocycles. The Balaban J connectivity index is 1.57. The topological polar surface area (TPSA) is 84.2 Å². The normalized spacial score (nSPS) is 10.5. The molecule has 3 aromatic rings. The van der Waals surface area contributed by atoms with Crippen molar-refractivity contribution in [2.24, 2.45) is 0 Å². The number of rotatable bonds is 6. The lowest BCUT2D eigenvalue weighted by molar-refractivity contribution is -0.116. The Kier molecular flexibility index (Phi) is 5.89. The second-order valence-electron chi connectivity index (χ2n) is 6.73. The number of benzene rings is 2. The summed E-state index contributed by atoms with van der Waals surface area (Å²) >= 11 is 0. The highest BCUT2D eigenvalue weighted by molar-refractivity contribution is 5.93. The highest BCUT2D eigenvalue weighted by atomic mass is 16.4. The number of nitrogens with one attached hydrogen (secondary N) is 2. The van der Waals surface area contributed by atoms with E-state index in [1.807, 2.05) is 6.07 Å². The number of oxazole rings is 1. The van der Waals surface area contributed by atoms with Crippen molar-refractivity contribution in [1.29, 1.82) is 0 Å². The molecule has 2 aromatic carbocycles. The second-order valence-corrected chi connectivity index (χ2v) is 6.73. The number of hydrogen-bond donors (Lipinski definition) is 2. The minimum atomic E-state index is -0.160.